The number of methoxy groups -OCH3 is 1. The summed E-state index contributed by atoms with van der Waals surface area (Å²) in [6.07, 6.45) is -39.6. The molecule has 14 N–H and O–H groups in total. The summed E-state index contributed by atoms with van der Waals surface area (Å²) < 4.78 is 53.9. The molecule has 23 atom stereocenters. The fourth-order valence-electron chi connectivity index (χ4n) is 6.55. The lowest BCUT2D eigenvalue weighted by Gasteiger charge is -2.45. The zero-order chi connectivity index (χ0) is 39.8. The number of carbonyl (C=O) groups is 1. The maximum absolute atomic E-state index is 11.7. The number of aliphatic hydroxyl groups excluding tert-OH is 13. The second-order valence-electron chi connectivity index (χ2n) is 13.3. The molecule has 5 heterocycles. The van der Waals surface area contributed by atoms with Gasteiger partial charge in [-0.05, 0) is 0 Å². The second-order valence-corrected chi connectivity index (χ2v) is 13.3. The summed E-state index contributed by atoms with van der Waals surface area (Å²) in [4.78, 5) is 11.7. The van der Waals surface area contributed by atoms with Crippen LogP contribution in [0.1, 0.15) is 0 Å². The van der Waals surface area contributed by atoms with Gasteiger partial charge in [0.15, 0.2) is 37.6 Å². The summed E-state index contributed by atoms with van der Waals surface area (Å²) in [5, 5.41) is 144. The maximum Gasteiger partial charge on any atom is 0.335 e. The largest absolute Gasteiger partial charge is 0.479 e. The number of carboxylic acid groups (broad SMARTS) is 1. The highest BCUT2D eigenvalue weighted by Gasteiger charge is 2.54. The summed E-state index contributed by atoms with van der Waals surface area (Å²) in [7, 11) is 1.08. The summed E-state index contributed by atoms with van der Waals surface area (Å²) in [5.74, 6) is -1.63. The van der Waals surface area contributed by atoms with Crippen LogP contribution >= 0.6 is 0 Å². The van der Waals surface area contributed by atoms with Crippen LogP contribution in [0, 0.1) is 0 Å². The fourth-order valence-corrected chi connectivity index (χ4v) is 6.55. The molecule has 5 saturated heterocycles. The lowest BCUT2D eigenvalue weighted by atomic mass is 9.97. The second kappa shape index (κ2) is 18.4. The molecule has 0 aromatic rings. The van der Waals surface area contributed by atoms with Crippen molar-refractivity contribution in [2.75, 3.05) is 33.5 Å². The number of rotatable bonds is 14. The van der Waals surface area contributed by atoms with Gasteiger partial charge in [-0.3, -0.25) is 0 Å². The van der Waals surface area contributed by atoms with Gasteiger partial charge < -0.3 is 119 Å². The standard InChI is InChI=1S/C29H48O25/c1-45-21-18(39)23(24(42)43)54-28(19(21)40)48-5-9-13(34)22(20(41)27(51-9)47-3-7-11(32)14(35)15(36)25(44)49-7)53-29-17(38)12(33)8(52-29)4-46-26-16(37)10(31)6(2-30)50-26/h6-23,25-41,44H,2-5H2,1H3,(H,42,43)/t6-,7+,8-,9+,10-,11-,12-,13-,14-,15+,16+,17+,18-,19+,20+,21-,22-,23-,25?,26+,27+,28+,29-/m0/s1. The van der Waals surface area contributed by atoms with E-state index in [4.69, 9.17) is 47.4 Å². The molecular weight excluding hydrogens is 748 g/mol. The zero-order valence-electron chi connectivity index (χ0n) is 28.4. The van der Waals surface area contributed by atoms with E-state index >= 15 is 0 Å². The average molecular weight is 797 g/mol. The first-order valence-corrected chi connectivity index (χ1v) is 16.8. The van der Waals surface area contributed by atoms with Gasteiger partial charge in [-0.1, -0.05) is 0 Å². The quantitative estimate of drug-likeness (QED) is 0.0776. The third-order valence-corrected chi connectivity index (χ3v) is 9.77. The molecule has 0 bridgehead atoms. The van der Waals surface area contributed by atoms with Crippen molar-refractivity contribution in [3.05, 3.63) is 0 Å². The van der Waals surface area contributed by atoms with Crippen molar-refractivity contribution in [2.45, 2.75) is 141 Å². The summed E-state index contributed by atoms with van der Waals surface area (Å²) in [6.45, 7) is -2.73. The van der Waals surface area contributed by atoms with E-state index in [1.165, 1.54) is 0 Å². The van der Waals surface area contributed by atoms with Crippen molar-refractivity contribution in [3.8, 4) is 0 Å². The minimum absolute atomic E-state index is 0.569. The molecule has 1 unspecified atom stereocenters. The van der Waals surface area contributed by atoms with Crippen LogP contribution in [0.3, 0.4) is 0 Å². The van der Waals surface area contributed by atoms with Crippen LogP contribution in [-0.2, 0) is 52.2 Å². The van der Waals surface area contributed by atoms with E-state index in [0.29, 0.717) is 0 Å². The van der Waals surface area contributed by atoms with Gasteiger partial charge in [0, 0.05) is 7.11 Å². The Bertz CT molecular complexity index is 1200. The number of hydrogen-bond donors (Lipinski definition) is 14. The molecule has 0 saturated carbocycles. The first-order chi connectivity index (χ1) is 25.5. The van der Waals surface area contributed by atoms with E-state index in [2.05, 4.69) is 0 Å². The van der Waals surface area contributed by atoms with Crippen molar-refractivity contribution in [1.29, 1.82) is 0 Å². The van der Waals surface area contributed by atoms with E-state index < -0.39 is 174 Å². The van der Waals surface area contributed by atoms with Crippen molar-refractivity contribution in [2.24, 2.45) is 0 Å². The molecule has 5 aliphatic rings. The first-order valence-electron chi connectivity index (χ1n) is 16.8. The molecule has 0 aliphatic carbocycles. The molecule has 0 spiro atoms. The van der Waals surface area contributed by atoms with Crippen molar-refractivity contribution >= 4 is 5.97 Å². The van der Waals surface area contributed by atoms with E-state index in [1.807, 2.05) is 0 Å². The van der Waals surface area contributed by atoms with Crippen LogP contribution in [0.2, 0.25) is 0 Å². The molecule has 25 heteroatoms. The molecule has 0 radical (unpaired) electrons. The highest BCUT2D eigenvalue weighted by Crippen LogP contribution is 2.33. The monoisotopic (exact) mass is 796 g/mol. The maximum atomic E-state index is 11.7. The summed E-state index contributed by atoms with van der Waals surface area (Å²) in [5.41, 5.74) is 0. The van der Waals surface area contributed by atoms with Crippen LogP contribution in [-0.4, -0.2) is 252 Å². The Hall–Kier alpha value is -1.45. The smallest absolute Gasteiger partial charge is 0.335 e. The number of hydrogen-bond acceptors (Lipinski definition) is 24. The first kappa shape index (κ1) is 43.7. The van der Waals surface area contributed by atoms with Crippen molar-refractivity contribution in [1.82, 2.24) is 0 Å². The molecule has 5 fully saturated rings. The molecule has 25 nitrogen and oxygen atoms in total. The number of aliphatic hydroxyl groups is 13. The molecule has 54 heavy (non-hydrogen) atoms. The van der Waals surface area contributed by atoms with E-state index in [0.717, 1.165) is 7.11 Å². The molecule has 0 amide bonds. The highest BCUT2D eigenvalue weighted by molar-refractivity contribution is 5.73. The van der Waals surface area contributed by atoms with E-state index in [1.54, 1.807) is 0 Å². The molecule has 0 aromatic heterocycles. The summed E-state index contributed by atoms with van der Waals surface area (Å²) in [6, 6.07) is 0. The van der Waals surface area contributed by atoms with Gasteiger partial charge in [-0.2, -0.15) is 0 Å². The predicted molar refractivity (Wildman–Crippen MR) is 160 cm³/mol. The van der Waals surface area contributed by atoms with E-state index in [9.17, 15) is 76.3 Å². The Morgan fingerprint density at radius 2 is 0.926 bits per heavy atom. The Labute approximate surface area is 304 Å². The summed E-state index contributed by atoms with van der Waals surface area (Å²) >= 11 is 0. The zero-order valence-corrected chi connectivity index (χ0v) is 28.4. The number of ether oxygens (including phenoxy) is 10. The SMILES string of the molecule is CO[C@@H]1[C@@H](O)[C@H](OC[C@H]2O[C@@H](OC[C@H]3OC(O)[C@H](O)[C@@H](O)[C@H]3O)[C@H](O)[C@@H](O[C@@H]3O[C@@H](CO[C@@H]4O[C@@H](CO)[C@H](O)[C@H]4O)[C@H](O)[C@H]3O)[C@H]2O)O[C@H](C(=O)O)[C@H]1O. The van der Waals surface area contributed by atoms with Gasteiger partial charge in [0.1, 0.15) is 104 Å². The Kier molecular flexibility index (Phi) is 14.9. The van der Waals surface area contributed by atoms with Crippen LogP contribution in [0.25, 0.3) is 0 Å². The molecular formula is C29H48O25. The number of aliphatic carboxylic acids is 1. The van der Waals surface area contributed by atoms with Crippen LogP contribution in [0.15, 0.2) is 0 Å². The third-order valence-electron chi connectivity index (χ3n) is 9.77. The Morgan fingerprint density at radius 3 is 1.48 bits per heavy atom. The normalized spacial score (nSPS) is 51.4. The van der Waals surface area contributed by atoms with Crippen LogP contribution in [0.5, 0.6) is 0 Å². The molecule has 0 aromatic carbocycles. The fraction of sp³-hybridized carbons (Fsp3) is 0.966. The lowest BCUT2D eigenvalue weighted by Crippen LogP contribution is -2.64. The lowest BCUT2D eigenvalue weighted by molar-refractivity contribution is -0.352. The van der Waals surface area contributed by atoms with Gasteiger partial charge in [0.05, 0.1) is 26.4 Å². The van der Waals surface area contributed by atoms with Crippen molar-refractivity contribution < 1.29 is 124 Å². The molecule has 5 rings (SSSR count). The average Bonchev–Trinajstić information content (AvgIpc) is 3.57. The van der Waals surface area contributed by atoms with Gasteiger partial charge in [0.25, 0.3) is 0 Å². The number of carboxylic acids is 1. The van der Waals surface area contributed by atoms with E-state index in [-0.39, 0.29) is 0 Å². The molecule has 5 aliphatic heterocycles. The van der Waals surface area contributed by atoms with Gasteiger partial charge >= 0.3 is 5.97 Å². The topological polar surface area (TPSA) is 393 Å². The minimum atomic E-state index is -2.00. The minimum Gasteiger partial charge on any atom is -0.479 e. The molecule has 314 valence electrons. The predicted octanol–water partition coefficient (Wildman–Crippen LogP) is -9.90. The third kappa shape index (κ3) is 8.98. The highest BCUT2D eigenvalue weighted by atomic mass is 16.8. The van der Waals surface area contributed by atoms with Crippen molar-refractivity contribution in [3.63, 3.8) is 0 Å². The Morgan fingerprint density at radius 1 is 0.481 bits per heavy atom. The van der Waals surface area contributed by atoms with Crippen LogP contribution < -0.4 is 0 Å². The Balaban J connectivity index is 1.29. The van der Waals surface area contributed by atoms with Gasteiger partial charge in [0.2, 0.25) is 0 Å². The van der Waals surface area contributed by atoms with Gasteiger partial charge in [-0.25, -0.2) is 4.79 Å². The van der Waals surface area contributed by atoms with Gasteiger partial charge in [-0.15, -0.1) is 0 Å². The van der Waals surface area contributed by atoms with Crippen LogP contribution in [0.4, 0.5) is 0 Å².